The van der Waals surface area contributed by atoms with Crippen LogP contribution < -0.4 is 0 Å². The van der Waals surface area contributed by atoms with Crippen molar-refractivity contribution in [2.24, 2.45) is 0 Å². The molecule has 0 heterocycles. The number of hydrogen-bond acceptors (Lipinski definition) is 2. The monoisotopic (exact) mass is 156 g/mol. The van der Waals surface area contributed by atoms with Crippen LogP contribution in [0.15, 0.2) is 11.3 Å². The Morgan fingerprint density at radius 3 is 2.64 bits per heavy atom. The molecule has 1 aliphatic rings. The summed E-state index contributed by atoms with van der Waals surface area (Å²) in [4.78, 5) is 10.2. The van der Waals surface area contributed by atoms with E-state index < -0.39 is 6.16 Å². The zero-order valence-corrected chi connectivity index (χ0v) is 6.59. The van der Waals surface area contributed by atoms with Gasteiger partial charge in [-0.05, 0) is 31.8 Å². The van der Waals surface area contributed by atoms with Crippen molar-refractivity contribution in [2.75, 3.05) is 0 Å². The summed E-state index contributed by atoms with van der Waals surface area (Å²) >= 11 is 0. The summed E-state index contributed by atoms with van der Waals surface area (Å²) in [5.41, 5.74) is 1.08. The molecule has 0 aliphatic heterocycles. The number of allylic oxidation sites excluding steroid dienone is 2. The molecule has 0 amide bonds. The van der Waals surface area contributed by atoms with Gasteiger partial charge in [0.15, 0.2) is 0 Å². The molecule has 1 N–H and O–H groups in total. The Kier molecular flexibility index (Phi) is 2.52. The van der Waals surface area contributed by atoms with Gasteiger partial charge in [-0.1, -0.05) is 0 Å². The van der Waals surface area contributed by atoms with E-state index in [2.05, 4.69) is 4.74 Å². The Balaban J connectivity index is 2.59. The summed E-state index contributed by atoms with van der Waals surface area (Å²) < 4.78 is 4.60. The minimum atomic E-state index is -1.19. The van der Waals surface area contributed by atoms with Crippen molar-refractivity contribution in [1.29, 1.82) is 0 Å². The molecule has 0 aromatic carbocycles. The lowest BCUT2D eigenvalue weighted by atomic mass is 9.99. The van der Waals surface area contributed by atoms with E-state index in [9.17, 15) is 4.79 Å². The van der Waals surface area contributed by atoms with Gasteiger partial charge in [0, 0.05) is 6.42 Å². The summed E-state index contributed by atoms with van der Waals surface area (Å²) in [6, 6.07) is 0. The summed E-state index contributed by atoms with van der Waals surface area (Å²) in [7, 11) is 0. The second-order valence-corrected chi connectivity index (χ2v) is 2.78. The van der Waals surface area contributed by atoms with Gasteiger partial charge in [0.25, 0.3) is 0 Å². The molecule has 3 nitrogen and oxygen atoms in total. The van der Waals surface area contributed by atoms with E-state index in [4.69, 9.17) is 5.11 Å². The van der Waals surface area contributed by atoms with Gasteiger partial charge in [-0.25, -0.2) is 4.79 Å². The van der Waals surface area contributed by atoms with Crippen molar-refractivity contribution in [3.05, 3.63) is 11.3 Å². The van der Waals surface area contributed by atoms with Gasteiger partial charge in [0.2, 0.25) is 0 Å². The van der Waals surface area contributed by atoms with Crippen molar-refractivity contribution in [3.8, 4) is 0 Å². The van der Waals surface area contributed by atoms with Crippen LogP contribution in [0, 0.1) is 0 Å². The lowest BCUT2D eigenvalue weighted by molar-refractivity contribution is 0.113. The Morgan fingerprint density at radius 1 is 1.45 bits per heavy atom. The third-order valence-electron chi connectivity index (χ3n) is 1.89. The maximum absolute atomic E-state index is 10.2. The topological polar surface area (TPSA) is 46.5 Å². The molecule has 0 saturated heterocycles. The summed E-state index contributed by atoms with van der Waals surface area (Å²) in [5, 5.41) is 8.33. The van der Waals surface area contributed by atoms with Gasteiger partial charge in [0.1, 0.15) is 5.76 Å². The third-order valence-corrected chi connectivity index (χ3v) is 1.89. The molecule has 62 valence electrons. The van der Waals surface area contributed by atoms with E-state index in [0.29, 0.717) is 5.76 Å². The van der Waals surface area contributed by atoms with E-state index >= 15 is 0 Å². The molecular formula is C8H12O3. The van der Waals surface area contributed by atoms with E-state index in [1.165, 1.54) is 0 Å². The third kappa shape index (κ3) is 2.26. The van der Waals surface area contributed by atoms with Gasteiger partial charge >= 0.3 is 6.16 Å². The van der Waals surface area contributed by atoms with Gasteiger partial charge in [0.05, 0.1) is 0 Å². The summed E-state index contributed by atoms with van der Waals surface area (Å²) in [6.45, 7) is 1.93. The predicted molar refractivity (Wildman–Crippen MR) is 40.3 cm³/mol. The normalized spacial score (nSPS) is 18.3. The molecule has 0 bridgehead atoms. The minimum Gasteiger partial charge on any atom is -0.449 e. The average Bonchev–Trinajstić information content (AvgIpc) is 1.93. The number of ether oxygens (including phenoxy) is 1. The van der Waals surface area contributed by atoms with E-state index in [0.717, 1.165) is 31.3 Å². The zero-order chi connectivity index (χ0) is 8.27. The summed E-state index contributed by atoms with van der Waals surface area (Å²) in [5.74, 6) is 0.656. The van der Waals surface area contributed by atoms with E-state index in [-0.39, 0.29) is 0 Å². The average molecular weight is 156 g/mol. The fraction of sp³-hybridized carbons (Fsp3) is 0.625. The van der Waals surface area contributed by atoms with E-state index in [1.807, 2.05) is 6.92 Å². The molecule has 1 rings (SSSR count). The minimum absolute atomic E-state index is 0.656. The number of carboxylic acid groups (broad SMARTS) is 1. The molecule has 1 aliphatic carbocycles. The Bertz CT molecular complexity index is 194. The van der Waals surface area contributed by atoms with Crippen molar-refractivity contribution in [3.63, 3.8) is 0 Å². The van der Waals surface area contributed by atoms with Gasteiger partial charge in [-0.2, -0.15) is 0 Å². The first-order valence-electron chi connectivity index (χ1n) is 3.79. The highest BCUT2D eigenvalue weighted by Gasteiger charge is 2.12. The van der Waals surface area contributed by atoms with Crippen LogP contribution in [0.5, 0.6) is 0 Å². The van der Waals surface area contributed by atoms with Gasteiger partial charge < -0.3 is 9.84 Å². The van der Waals surface area contributed by atoms with Gasteiger partial charge in [-0.15, -0.1) is 0 Å². The van der Waals surface area contributed by atoms with Crippen LogP contribution >= 0.6 is 0 Å². The fourth-order valence-corrected chi connectivity index (χ4v) is 1.27. The molecule has 0 atom stereocenters. The first-order chi connectivity index (χ1) is 5.20. The van der Waals surface area contributed by atoms with Crippen molar-refractivity contribution < 1.29 is 14.6 Å². The molecule has 3 heteroatoms. The first kappa shape index (κ1) is 8.11. The lowest BCUT2D eigenvalue weighted by Gasteiger charge is -2.15. The zero-order valence-electron chi connectivity index (χ0n) is 6.59. The largest absolute Gasteiger partial charge is 0.511 e. The Morgan fingerprint density at radius 2 is 2.09 bits per heavy atom. The quantitative estimate of drug-likeness (QED) is 0.593. The molecule has 0 aromatic heterocycles. The molecule has 0 saturated carbocycles. The summed E-state index contributed by atoms with van der Waals surface area (Å²) in [6.07, 6.45) is 2.75. The Labute approximate surface area is 65.7 Å². The number of carbonyl (C=O) groups is 1. The van der Waals surface area contributed by atoms with E-state index in [1.54, 1.807) is 0 Å². The standard InChI is InChI=1S/C8H12O3/c1-6-4-2-3-5-7(6)11-8(9)10/h2-5H2,1H3,(H,9,10). The van der Waals surface area contributed by atoms with Crippen LogP contribution in [0.1, 0.15) is 32.6 Å². The molecule has 11 heavy (non-hydrogen) atoms. The predicted octanol–water partition coefficient (Wildman–Crippen LogP) is 2.53. The van der Waals surface area contributed by atoms with Crippen LogP contribution in [0.25, 0.3) is 0 Å². The van der Waals surface area contributed by atoms with Gasteiger partial charge in [-0.3, -0.25) is 0 Å². The highest BCUT2D eigenvalue weighted by atomic mass is 16.7. The highest BCUT2D eigenvalue weighted by Crippen LogP contribution is 2.24. The lowest BCUT2D eigenvalue weighted by Crippen LogP contribution is -2.05. The van der Waals surface area contributed by atoms with Crippen molar-refractivity contribution in [1.82, 2.24) is 0 Å². The van der Waals surface area contributed by atoms with Crippen molar-refractivity contribution in [2.45, 2.75) is 32.6 Å². The second kappa shape index (κ2) is 3.42. The van der Waals surface area contributed by atoms with Crippen LogP contribution in [-0.2, 0) is 4.74 Å². The Hall–Kier alpha value is -0.990. The maximum atomic E-state index is 10.2. The van der Waals surface area contributed by atoms with Crippen LogP contribution in [0.3, 0.4) is 0 Å². The van der Waals surface area contributed by atoms with Crippen LogP contribution in [0.4, 0.5) is 4.79 Å². The maximum Gasteiger partial charge on any atom is 0.511 e. The molecule has 0 unspecified atom stereocenters. The smallest absolute Gasteiger partial charge is 0.449 e. The highest BCUT2D eigenvalue weighted by molar-refractivity contribution is 5.58. The molecule has 0 radical (unpaired) electrons. The SMILES string of the molecule is CC1=C(OC(=O)O)CCCC1. The first-order valence-corrected chi connectivity index (χ1v) is 3.79. The fourth-order valence-electron chi connectivity index (χ4n) is 1.27. The number of hydrogen-bond donors (Lipinski definition) is 1. The molecule has 0 aromatic rings. The molecule has 0 spiro atoms. The second-order valence-electron chi connectivity index (χ2n) is 2.78. The molecular weight excluding hydrogens is 144 g/mol. The number of rotatable bonds is 1. The van der Waals surface area contributed by atoms with Crippen molar-refractivity contribution >= 4 is 6.16 Å². The van der Waals surface area contributed by atoms with Crippen LogP contribution in [0.2, 0.25) is 0 Å². The van der Waals surface area contributed by atoms with Crippen LogP contribution in [-0.4, -0.2) is 11.3 Å². The molecule has 0 fully saturated rings.